The Morgan fingerprint density at radius 2 is 1.70 bits per heavy atom. The number of aliphatic hydroxyl groups excluding tert-OH is 1. The fourth-order valence-electron chi connectivity index (χ4n) is 11.6. The smallest absolute Gasteiger partial charge is 0.329 e. The molecule has 6 heterocycles. The Morgan fingerprint density at radius 3 is 2.47 bits per heavy atom. The van der Waals surface area contributed by atoms with Gasteiger partial charge in [-0.2, -0.15) is 4.98 Å². The molecule has 15 nitrogen and oxygen atoms in total. The quantitative estimate of drug-likeness (QED) is 0.0937. The molecular formula is C49H72N10O5. The molecule has 1 unspecified atom stereocenters. The molecule has 64 heavy (non-hydrogen) atoms. The van der Waals surface area contributed by atoms with Crippen LogP contribution in [0, 0.1) is 5.92 Å². The van der Waals surface area contributed by atoms with Gasteiger partial charge in [0.05, 0.1) is 23.2 Å². The Bertz CT molecular complexity index is 2300. The van der Waals surface area contributed by atoms with Crippen molar-refractivity contribution in [3.05, 3.63) is 52.2 Å². The first-order valence-corrected chi connectivity index (χ1v) is 24.7. The molecule has 0 bridgehead atoms. The first kappa shape index (κ1) is 45.0. The minimum absolute atomic E-state index is 0.172. The summed E-state index contributed by atoms with van der Waals surface area (Å²) in [4.78, 5) is 55.2. The molecule has 1 aromatic carbocycles. The van der Waals surface area contributed by atoms with E-state index in [9.17, 15) is 19.5 Å². The number of aliphatic hydroxyl groups is 1. The number of aryl methyl sites for hydroxylation is 1. The van der Waals surface area contributed by atoms with Crippen LogP contribution < -0.4 is 16.3 Å². The van der Waals surface area contributed by atoms with E-state index in [1.807, 2.05) is 6.07 Å². The highest BCUT2D eigenvalue weighted by molar-refractivity contribution is 6.00. The summed E-state index contributed by atoms with van der Waals surface area (Å²) in [6.45, 7) is 14.7. The number of fused-ring (bicyclic) bond motifs is 2. The lowest BCUT2D eigenvalue weighted by molar-refractivity contribution is -0.135. The number of likely N-dealkylation sites (tertiary alicyclic amines) is 1. The zero-order chi connectivity index (χ0) is 44.3. The highest BCUT2D eigenvalue weighted by Crippen LogP contribution is 2.42. The number of amides is 2. The molecule has 0 spiro atoms. The second kappa shape index (κ2) is 20.2. The van der Waals surface area contributed by atoms with Gasteiger partial charge in [0.25, 0.3) is 0 Å². The molecule has 2 amide bonds. The van der Waals surface area contributed by atoms with Crippen molar-refractivity contribution < 1.29 is 19.4 Å². The van der Waals surface area contributed by atoms with Crippen LogP contribution in [-0.2, 0) is 27.9 Å². The van der Waals surface area contributed by atoms with E-state index in [0.717, 1.165) is 144 Å². The average molecular weight is 881 g/mol. The van der Waals surface area contributed by atoms with Gasteiger partial charge in [-0.1, -0.05) is 19.4 Å². The molecule has 5 fully saturated rings. The van der Waals surface area contributed by atoms with Crippen molar-refractivity contribution >= 4 is 39.8 Å². The van der Waals surface area contributed by atoms with Gasteiger partial charge < -0.3 is 29.5 Å². The maximum Gasteiger partial charge on any atom is 0.329 e. The molecule has 5 aliphatic rings. The second-order valence-electron chi connectivity index (χ2n) is 20.0. The number of imidazole rings is 1. The summed E-state index contributed by atoms with van der Waals surface area (Å²) in [5.74, 6) is 1.33. The van der Waals surface area contributed by atoms with Crippen molar-refractivity contribution in [1.82, 2.24) is 43.7 Å². The predicted octanol–water partition coefficient (Wildman–Crippen LogP) is 5.71. The molecule has 4 aromatic rings. The van der Waals surface area contributed by atoms with Gasteiger partial charge >= 0.3 is 5.69 Å². The van der Waals surface area contributed by atoms with Crippen LogP contribution in [0.2, 0.25) is 0 Å². The summed E-state index contributed by atoms with van der Waals surface area (Å²) in [5, 5.41) is 17.4. The molecule has 3 atom stereocenters. The summed E-state index contributed by atoms with van der Waals surface area (Å²) >= 11 is 0. The fraction of sp³-hybridized carbons (Fsp3) is 0.694. The molecule has 3 aromatic heterocycles. The van der Waals surface area contributed by atoms with Gasteiger partial charge in [-0.15, -0.1) is 0 Å². The normalized spacial score (nSPS) is 27.1. The summed E-state index contributed by atoms with van der Waals surface area (Å²) in [7, 11) is 1.74. The minimum atomic E-state index is -0.674. The number of nitrogens with one attached hydrogen (secondary N) is 2. The highest BCUT2D eigenvalue weighted by Gasteiger charge is 2.33. The van der Waals surface area contributed by atoms with Crippen molar-refractivity contribution in [3.8, 4) is 0 Å². The van der Waals surface area contributed by atoms with Crippen LogP contribution in [0.1, 0.15) is 133 Å². The molecule has 2 saturated carbocycles. The number of nitrogens with zero attached hydrogens (tertiary/aromatic N) is 8. The first-order valence-electron chi connectivity index (χ1n) is 24.7. The SMILES string of the molecule is CCC[C@@H](C)Nc1ncc2c(C3CCC(CN4CCN(CCCO[C@H]5CCN(Cc6ccc7c(c6)n(C)c(=O)n7C6CCC(=O)NC6=O)C5)CC4)CC3)cn(C3CCC(O)CC3)c2n1. The van der Waals surface area contributed by atoms with Crippen molar-refractivity contribution in [1.29, 1.82) is 0 Å². The van der Waals surface area contributed by atoms with E-state index in [1.165, 1.54) is 43.2 Å². The van der Waals surface area contributed by atoms with E-state index in [2.05, 4.69) is 68.3 Å². The number of ether oxygens (including phenoxy) is 1. The molecule has 0 radical (unpaired) electrons. The molecule has 9 rings (SSSR count). The molecule has 3 aliphatic heterocycles. The third-order valence-electron chi connectivity index (χ3n) is 15.3. The van der Waals surface area contributed by atoms with Gasteiger partial charge in [-0.25, -0.2) is 9.78 Å². The van der Waals surface area contributed by atoms with Gasteiger partial charge in [-0.05, 0) is 119 Å². The van der Waals surface area contributed by atoms with Gasteiger partial charge in [0.1, 0.15) is 11.7 Å². The number of carbonyl (C=O) groups is 2. The maximum atomic E-state index is 13.2. The van der Waals surface area contributed by atoms with Crippen molar-refractivity contribution in [3.63, 3.8) is 0 Å². The van der Waals surface area contributed by atoms with Crippen molar-refractivity contribution in [2.24, 2.45) is 13.0 Å². The lowest BCUT2D eigenvalue weighted by Crippen LogP contribution is -2.48. The summed E-state index contributed by atoms with van der Waals surface area (Å²) < 4.78 is 12.0. The molecular weight excluding hydrogens is 809 g/mol. The number of carbonyl (C=O) groups excluding carboxylic acids is 2. The number of rotatable bonds is 16. The fourth-order valence-corrected chi connectivity index (χ4v) is 11.6. The summed E-state index contributed by atoms with van der Waals surface area (Å²) in [6, 6.07) is 6.10. The summed E-state index contributed by atoms with van der Waals surface area (Å²) in [5.41, 5.74) is 4.91. The highest BCUT2D eigenvalue weighted by atomic mass is 16.5. The van der Waals surface area contributed by atoms with Crippen LogP contribution >= 0.6 is 0 Å². The number of anilines is 1. The third kappa shape index (κ3) is 10.1. The number of hydrogen-bond acceptors (Lipinski definition) is 11. The number of aromatic nitrogens is 5. The maximum absolute atomic E-state index is 13.2. The number of hydrogen-bond donors (Lipinski definition) is 3. The number of piperazine rings is 1. The van der Waals surface area contributed by atoms with Crippen LogP contribution in [0.5, 0.6) is 0 Å². The zero-order valence-electron chi connectivity index (χ0n) is 38.6. The standard InChI is InChI=1S/C49H72N10O5/c1-4-6-33(2)51-48-50-28-40-41(32-58(46(40)53-48)37-12-14-38(60)15-13-37)36-10-7-34(8-11-36)29-56-24-22-55(23-25-56)20-5-26-64-39-19-21-57(31-39)30-35-9-16-42-44(27-35)54(3)49(63)59(42)43-17-18-45(61)52-47(43)62/h9,16,27-28,32-34,36-39,43,60H,4-8,10-15,17-26,29-31H2,1-3H3,(H,50,51,53)(H,52,61,62)/t33-,34?,36?,37?,38?,39+,43?/m1/s1. The Kier molecular flexibility index (Phi) is 14.2. The van der Waals surface area contributed by atoms with Gasteiger partial charge in [0.15, 0.2) is 0 Å². The minimum Gasteiger partial charge on any atom is -0.393 e. The largest absolute Gasteiger partial charge is 0.393 e. The molecule has 3 N–H and O–H groups in total. The average Bonchev–Trinajstić information content (AvgIpc) is 3.97. The molecule has 15 heteroatoms. The Labute approximate surface area is 377 Å². The monoisotopic (exact) mass is 881 g/mol. The topological polar surface area (TPSA) is 155 Å². The Hall–Kier alpha value is -4.15. The lowest BCUT2D eigenvalue weighted by atomic mass is 9.78. The van der Waals surface area contributed by atoms with Crippen molar-refractivity contribution in [2.45, 2.75) is 147 Å². The molecule has 348 valence electrons. The van der Waals surface area contributed by atoms with Crippen LogP contribution in [0.3, 0.4) is 0 Å². The second-order valence-corrected chi connectivity index (χ2v) is 20.0. The van der Waals surface area contributed by atoms with Crippen LogP contribution in [0.25, 0.3) is 22.1 Å². The van der Waals surface area contributed by atoms with E-state index in [4.69, 9.17) is 14.7 Å². The number of imide groups is 1. The Morgan fingerprint density at radius 1 is 0.922 bits per heavy atom. The first-order chi connectivity index (χ1) is 31.1. The van der Waals surface area contributed by atoms with E-state index < -0.39 is 11.9 Å². The molecule has 2 aliphatic carbocycles. The Balaban J connectivity index is 0.689. The predicted molar refractivity (Wildman–Crippen MR) is 249 cm³/mol. The third-order valence-corrected chi connectivity index (χ3v) is 15.3. The van der Waals surface area contributed by atoms with Crippen molar-refractivity contribution in [2.75, 3.05) is 64.3 Å². The van der Waals surface area contributed by atoms with Crippen LogP contribution in [-0.4, -0.2) is 133 Å². The van der Waals surface area contributed by atoms with Gasteiger partial charge in [-0.3, -0.25) is 28.9 Å². The van der Waals surface area contributed by atoms with Gasteiger partial charge in [0, 0.05) is 109 Å². The number of piperidine rings is 1. The zero-order valence-corrected chi connectivity index (χ0v) is 38.6. The van der Waals surface area contributed by atoms with E-state index >= 15 is 0 Å². The summed E-state index contributed by atoms with van der Waals surface area (Å²) in [6.07, 6.45) is 18.1. The van der Waals surface area contributed by atoms with Gasteiger partial charge in [0.2, 0.25) is 17.8 Å². The lowest BCUT2D eigenvalue weighted by Gasteiger charge is -2.38. The van der Waals surface area contributed by atoms with E-state index in [-0.39, 0.29) is 30.2 Å². The van der Waals surface area contributed by atoms with E-state index in [0.29, 0.717) is 24.4 Å². The van der Waals surface area contributed by atoms with Crippen LogP contribution in [0.4, 0.5) is 5.95 Å². The molecule has 3 saturated heterocycles. The van der Waals surface area contributed by atoms with Crippen LogP contribution in [0.15, 0.2) is 35.4 Å². The van der Waals surface area contributed by atoms with E-state index in [1.54, 1.807) is 16.2 Å². The number of benzene rings is 1.